The first-order valence-electron chi connectivity index (χ1n) is 7.32. The van der Waals surface area contributed by atoms with Crippen molar-refractivity contribution in [1.82, 2.24) is 10.0 Å². The molecule has 1 aromatic rings. The normalized spacial score (nSPS) is 11.7. The molecule has 0 aliphatic rings. The van der Waals surface area contributed by atoms with Crippen LogP contribution in [0.5, 0.6) is 0 Å². The average molecular weight is 331 g/mol. The summed E-state index contributed by atoms with van der Waals surface area (Å²) in [5, 5.41) is 3.08. The number of likely N-dealkylation sites (N-methyl/N-ethyl adjacent to an activating group) is 1. The third-order valence-corrected chi connectivity index (χ3v) is 5.39. The summed E-state index contributed by atoms with van der Waals surface area (Å²) in [6.45, 7) is 1.40. The number of thioether (sulfide) groups is 1. The van der Waals surface area contributed by atoms with Gasteiger partial charge in [0, 0.05) is 6.54 Å². The Hall–Kier alpha value is -0.560. The van der Waals surface area contributed by atoms with E-state index in [1.807, 2.05) is 30.9 Å². The summed E-state index contributed by atoms with van der Waals surface area (Å²) in [7, 11) is -1.46. The molecule has 120 valence electrons. The lowest BCUT2D eigenvalue weighted by atomic mass is 10.1. The maximum Gasteiger partial charge on any atom is 0.240 e. The van der Waals surface area contributed by atoms with Gasteiger partial charge in [-0.15, -0.1) is 0 Å². The van der Waals surface area contributed by atoms with Crippen LogP contribution in [0.1, 0.15) is 24.8 Å². The Labute approximate surface area is 133 Å². The first-order valence-corrected chi connectivity index (χ1v) is 10.2. The zero-order valence-electron chi connectivity index (χ0n) is 12.9. The molecule has 0 radical (unpaired) electrons. The van der Waals surface area contributed by atoms with Gasteiger partial charge in [-0.1, -0.05) is 18.6 Å². The van der Waals surface area contributed by atoms with Crippen LogP contribution in [0.3, 0.4) is 0 Å². The molecule has 0 saturated heterocycles. The second kappa shape index (κ2) is 10.2. The second-order valence-corrected chi connectivity index (χ2v) is 7.70. The Morgan fingerprint density at radius 1 is 1.05 bits per heavy atom. The maximum atomic E-state index is 12.1. The molecule has 0 spiro atoms. The number of benzene rings is 1. The van der Waals surface area contributed by atoms with Crippen molar-refractivity contribution in [2.75, 3.05) is 32.1 Å². The lowest BCUT2D eigenvalue weighted by Crippen LogP contribution is -2.24. The highest BCUT2D eigenvalue weighted by atomic mass is 32.2. The predicted octanol–water partition coefficient (Wildman–Crippen LogP) is 2.26. The molecule has 0 aliphatic heterocycles. The number of hydrogen-bond acceptors (Lipinski definition) is 4. The summed E-state index contributed by atoms with van der Waals surface area (Å²) in [6, 6.07) is 7.12. The van der Waals surface area contributed by atoms with Gasteiger partial charge in [-0.25, -0.2) is 13.1 Å². The Morgan fingerprint density at radius 3 is 2.38 bits per heavy atom. The van der Waals surface area contributed by atoms with E-state index in [1.165, 1.54) is 0 Å². The minimum atomic E-state index is -3.36. The molecule has 0 saturated carbocycles. The van der Waals surface area contributed by atoms with Gasteiger partial charge in [0.15, 0.2) is 0 Å². The van der Waals surface area contributed by atoms with E-state index in [4.69, 9.17) is 0 Å². The van der Waals surface area contributed by atoms with Gasteiger partial charge in [0.25, 0.3) is 0 Å². The Balaban J connectivity index is 2.42. The SMILES string of the molecule is CNCCc1ccc(S(=O)(=O)NCCCCCSC)cc1. The van der Waals surface area contributed by atoms with Gasteiger partial charge in [0.1, 0.15) is 0 Å². The molecule has 0 aromatic heterocycles. The van der Waals surface area contributed by atoms with Gasteiger partial charge in [-0.05, 0) is 62.6 Å². The molecule has 0 fully saturated rings. The van der Waals surface area contributed by atoms with Crippen LogP contribution in [-0.2, 0) is 16.4 Å². The van der Waals surface area contributed by atoms with Gasteiger partial charge in [-0.3, -0.25) is 0 Å². The first kappa shape index (κ1) is 18.5. The molecule has 1 aromatic carbocycles. The van der Waals surface area contributed by atoms with Crippen LogP contribution in [0.4, 0.5) is 0 Å². The van der Waals surface area contributed by atoms with Crippen molar-refractivity contribution in [3.63, 3.8) is 0 Å². The van der Waals surface area contributed by atoms with Crippen LogP contribution >= 0.6 is 11.8 Å². The monoisotopic (exact) mass is 330 g/mol. The Bertz CT molecular complexity index is 487. The zero-order chi connectivity index (χ0) is 15.6. The summed E-state index contributed by atoms with van der Waals surface area (Å²) in [6.07, 6.45) is 6.08. The van der Waals surface area contributed by atoms with E-state index in [9.17, 15) is 8.42 Å². The van der Waals surface area contributed by atoms with E-state index in [1.54, 1.807) is 12.1 Å². The summed E-state index contributed by atoms with van der Waals surface area (Å²) in [5.74, 6) is 1.14. The van der Waals surface area contributed by atoms with Crippen LogP contribution in [-0.4, -0.2) is 40.6 Å². The first-order chi connectivity index (χ1) is 10.1. The fourth-order valence-corrected chi connectivity index (χ4v) is 3.51. The van der Waals surface area contributed by atoms with E-state index in [0.717, 1.165) is 43.5 Å². The van der Waals surface area contributed by atoms with E-state index in [-0.39, 0.29) is 0 Å². The molecule has 0 heterocycles. The molecule has 21 heavy (non-hydrogen) atoms. The predicted molar refractivity (Wildman–Crippen MR) is 91.5 cm³/mol. The highest BCUT2D eigenvalue weighted by Crippen LogP contribution is 2.11. The third-order valence-electron chi connectivity index (χ3n) is 3.21. The largest absolute Gasteiger partial charge is 0.319 e. The lowest BCUT2D eigenvalue weighted by Gasteiger charge is -2.08. The number of nitrogens with one attached hydrogen (secondary N) is 2. The second-order valence-electron chi connectivity index (χ2n) is 4.95. The highest BCUT2D eigenvalue weighted by Gasteiger charge is 2.12. The average Bonchev–Trinajstić information content (AvgIpc) is 2.49. The molecule has 0 atom stereocenters. The van der Waals surface area contributed by atoms with Gasteiger partial charge in [0.2, 0.25) is 10.0 Å². The standard InChI is InChI=1S/C15H26N2O2S2/c1-16-12-10-14-6-8-15(9-7-14)21(18,19)17-11-4-3-5-13-20-2/h6-9,16-17H,3-5,10-13H2,1-2H3. The Kier molecular flexibility index (Phi) is 8.99. The number of unbranched alkanes of at least 4 members (excludes halogenated alkanes) is 2. The smallest absolute Gasteiger partial charge is 0.240 e. The van der Waals surface area contributed by atoms with E-state index < -0.39 is 10.0 Å². The maximum absolute atomic E-state index is 12.1. The highest BCUT2D eigenvalue weighted by molar-refractivity contribution is 7.98. The fourth-order valence-electron chi connectivity index (χ4n) is 1.94. The van der Waals surface area contributed by atoms with E-state index in [2.05, 4.69) is 16.3 Å². The minimum absolute atomic E-state index is 0.347. The number of sulfonamides is 1. The molecule has 0 amide bonds. The van der Waals surface area contributed by atoms with Crippen LogP contribution in [0, 0.1) is 0 Å². The number of hydrogen-bond donors (Lipinski definition) is 2. The van der Waals surface area contributed by atoms with Crippen molar-refractivity contribution in [2.24, 2.45) is 0 Å². The van der Waals surface area contributed by atoms with Crippen molar-refractivity contribution in [3.05, 3.63) is 29.8 Å². The number of rotatable bonds is 11. The molecule has 1 rings (SSSR count). The lowest BCUT2D eigenvalue weighted by molar-refractivity contribution is 0.576. The summed E-state index contributed by atoms with van der Waals surface area (Å²) >= 11 is 1.83. The molecule has 2 N–H and O–H groups in total. The van der Waals surface area contributed by atoms with Crippen molar-refractivity contribution in [1.29, 1.82) is 0 Å². The molecular weight excluding hydrogens is 304 g/mol. The van der Waals surface area contributed by atoms with Gasteiger partial charge in [0.05, 0.1) is 4.90 Å². The van der Waals surface area contributed by atoms with Crippen molar-refractivity contribution in [3.8, 4) is 0 Å². The van der Waals surface area contributed by atoms with Crippen LogP contribution in [0.2, 0.25) is 0 Å². The zero-order valence-corrected chi connectivity index (χ0v) is 14.5. The quantitative estimate of drug-likeness (QED) is 0.611. The van der Waals surface area contributed by atoms with Crippen LogP contribution in [0.25, 0.3) is 0 Å². The molecule has 6 heteroatoms. The Morgan fingerprint density at radius 2 is 1.76 bits per heavy atom. The van der Waals surface area contributed by atoms with E-state index in [0.29, 0.717) is 11.4 Å². The van der Waals surface area contributed by atoms with Crippen molar-refractivity contribution < 1.29 is 8.42 Å². The third kappa shape index (κ3) is 7.31. The van der Waals surface area contributed by atoms with Crippen molar-refractivity contribution >= 4 is 21.8 Å². The van der Waals surface area contributed by atoms with Crippen LogP contribution < -0.4 is 10.0 Å². The molecule has 0 bridgehead atoms. The summed E-state index contributed by atoms with van der Waals surface area (Å²) in [4.78, 5) is 0.347. The molecule has 4 nitrogen and oxygen atoms in total. The summed E-state index contributed by atoms with van der Waals surface area (Å²) < 4.78 is 26.9. The minimum Gasteiger partial charge on any atom is -0.319 e. The van der Waals surface area contributed by atoms with Crippen LogP contribution in [0.15, 0.2) is 29.2 Å². The van der Waals surface area contributed by atoms with Crippen molar-refractivity contribution in [2.45, 2.75) is 30.6 Å². The molecule has 0 aliphatic carbocycles. The van der Waals surface area contributed by atoms with Gasteiger partial charge in [-0.2, -0.15) is 11.8 Å². The van der Waals surface area contributed by atoms with Gasteiger partial charge >= 0.3 is 0 Å². The summed E-state index contributed by atoms with van der Waals surface area (Å²) in [5.41, 5.74) is 1.14. The molecular formula is C15H26N2O2S2. The molecule has 0 unspecified atom stereocenters. The van der Waals surface area contributed by atoms with E-state index >= 15 is 0 Å². The van der Waals surface area contributed by atoms with Gasteiger partial charge < -0.3 is 5.32 Å². The fraction of sp³-hybridized carbons (Fsp3) is 0.600. The topological polar surface area (TPSA) is 58.2 Å².